The topological polar surface area (TPSA) is 0 Å². The van der Waals surface area contributed by atoms with E-state index in [1.54, 1.807) is 11.1 Å². The summed E-state index contributed by atoms with van der Waals surface area (Å²) >= 11 is 6.73. The molecule has 1 heterocycles. The number of hydrogen-bond donors (Lipinski definition) is 0. The van der Waals surface area contributed by atoms with Crippen LogP contribution < -0.4 is 0 Å². The molecule has 15 heavy (non-hydrogen) atoms. The molecule has 1 atom stereocenters. The van der Waals surface area contributed by atoms with Crippen molar-refractivity contribution in [1.82, 2.24) is 0 Å². The van der Waals surface area contributed by atoms with Gasteiger partial charge >= 0.3 is 103 Å². The summed E-state index contributed by atoms with van der Waals surface area (Å²) in [5.41, 5.74) is 4.61. The van der Waals surface area contributed by atoms with Gasteiger partial charge in [0.2, 0.25) is 0 Å². The molecule has 0 bridgehead atoms. The van der Waals surface area contributed by atoms with E-state index in [-0.39, 0.29) is 0 Å². The Balaban J connectivity index is 2.20. The molecule has 1 unspecified atom stereocenters. The van der Waals surface area contributed by atoms with Gasteiger partial charge in [0.15, 0.2) is 0 Å². The molecule has 1 aliphatic heterocycles. The van der Waals surface area contributed by atoms with E-state index in [4.69, 9.17) is 11.6 Å². The zero-order chi connectivity index (χ0) is 10.8. The summed E-state index contributed by atoms with van der Waals surface area (Å²) in [7, 11) is 0. The van der Waals surface area contributed by atoms with Gasteiger partial charge in [-0.2, -0.15) is 0 Å². The van der Waals surface area contributed by atoms with Crippen molar-refractivity contribution in [2.75, 3.05) is 0 Å². The van der Waals surface area contributed by atoms with Gasteiger partial charge in [-0.25, -0.2) is 0 Å². The third-order valence-corrected chi connectivity index (χ3v) is 6.20. The third kappa shape index (κ3) is 2.66. The number of rotatable bonds is 1. The van der Waals surface area contributed by atoms with Crippen LogP contribution in [0.15, 0.2) is 35.4 Å². The van der Waals surface area contributed by atoms with Gasteiger partial charge in [-0.3, -0.25) is 0 Å². The first-order valence-corrected chi connectivity index (χ1v) is 7.77. The van der Waals surface area contributed by atoms with E-state index >= 15 is 0 Å². The molecule has 80 valence electrons. The quantitative estimate of drug-likeness (QED) is 0.535. The maximum absolute atomic E-state index is 6.02. The molecular weight excluding hydrogens is 271 g/mol. The summed E-state index contributed by atoms with van der Waals surface area (Å²) in [4.78, 5) is 0.736. The zero-order valence-corrected chi connectivity index (χ0v) is 11.6. The molecule has 0 saturated carbocycles. The van der Waals surface area contributed by atoms with Crippen molar-refractivity contribution in [3.05, 3.63) is 46.0 Å². The van der Waals surface area contributed by atoms with Gasteiger partial charge in [0, 0.05) is 0 Å². The average molecular weight is 286 g/mol. The molecule has 1 aromatic rings. The van der Waals surface area contributed by atoms with E-state index in [2.05, 4.69) is 32.0 Å². The van der Waals surface area contributed by atoms with Gasteiger partial charge in [-0.15, -0.1) is 0 Å². The van der Waals surface area contributed by atoms with Gasteiger partial charge < -0.3 is 0 Å². The van der Waals surface area contributed by atoms with Crippen LogP contribution in [0.4, 0.5) is 0 Å². The molecule has 0 nitrogen and oxygen atoms in total. The average Bonchev–Trinajstić information content (AvgIpc) is 2.22. The molecule has 0 aliphatic carbocycles. The van der Waals surface area contributed by atoms with Crippen LogP contribution in [0.2, 0.25) is 10.3 Å². The van der Waals surface area contributed by atoms with Crippen LogP contribution in [-0.2, 0) is 0 Å². The maximum atomic E-state index is 6.02. The Morgan fingerprint density at radius 2 is 2.07 bits per heavy atom. The SMILES string of the molecule is CC1=C(C)CC(c2cccc(Cl)c2)[Se]C1. The summed E-state index contributed by atoms with van der Waals surface area (Å²) in [5.74, 6) is 0. The van der Waals surface area contributed by atoms with Gasteiger partial charge in [0.1, 0.15) is 0 Å². The first-order chi connectivity index (χ1) is 7.16. The number of allylic oxidation sites excluding steroid dienone is 2. The van der Waals surface area contributed by atoms with Gasteiger partial charge in [0.05, 0.1) is 0 Å². The molecule has 1 aromatic carbocycles. The third-order valence-electron chi connectivity index (χ3n) is 2.94. The zero-order valence-electron chi connectivity index (χ0n) is 9.09. The molecule has 0 saturated heterocycles. The van der Waals surface area contributed by atoms with Crippen molar-refractivity contribution in [3.63, 3.8) is 0 Å². The molecule has 1 aliphatic rings. The fraction of sp³-hybridized carbons (Fsp3) is 0.385. The Bertz CT molecular complexity index is 395. The van der Waals surface area contributed by atoms with Crippen molar-refractivity contribution in [2.45, 2.75) is 30.4 Å². The van der Waals surface area contributed by atoms with Crippen molar-refractivity contribution in [3.8, 4) is 0 Å². The minimum atomic E-state index is 0.703. The van der Waals surface area contributed by atoms with E-state index in [1.165, 1.54) is 17.3 Å². The van der Waals surface area contributed by atoms with Crippen LogP contribution in [0.5, 0.6) is 0 Å². The normalized spacial score (nSPS) is 21.9. The Morgan fingerprint density at radius 1 is 1.27 bits per heavy atom. The van der Waals surface area contributed by atoms with Crippen molar-refractivity contribution < 1.29 is 0 Å². The second kappa shape index (κ2) is 4.74. The minimum absolute atomic E-state index is 0.703. The van der Waals surface area contributed by atoms with Crippen LogP contribution in [0.3, 0.4) is 0 Å². The second-order valence-electron chi connectivity index (χ2n) is 4.12. The Hall–Kier alpha value is -0.231. The molecule has 2 heteroatoms. The van der Waals surface area contributed by atoms with Crippen LogP contribution in [0.1, 0.15) is 30.6 Å². The molecule has 0 amide bonds. The summed E-state index contributed by atoms with van der Waals surface area (Å²) in [6.45, 7) is 4.54. The molecule has 0 N–H and O–H groups in total. The van der Waals surface area contributed by atoms with Crippen molar-refractivity contribution >= 4 is 26.6 Å². The standard InChI is InChI=1S/C13H15ClSe/c1-9-6-13(15-8-10(9)2)11-4-3-5-12(14)7-11/h3-5,7,13H,6,8H2,1-2H3. The molecule has 0 radical (unpaired) electrons. The summed E-state index contributed by atoms with van der Waals surface area (Å²) in [5, 5.41) is 2.17. The number of hydrogen-bond acceptors (Lipinski definition) is 0. The molecule has 0 aromatic heterocycles. The van der Waals surface area contributed by atoms with Gasteiger partial charge in [-0.05, 0) is 0 Å². The van der Waals surface area contributed by atoms with Crippen LogP contribution in [-0.4, -0.2) is 15.0 Å². The van der Waals surface area contributed by atoms with E-state index in [9.17, 15) is 0 Å². The van der Waals surface area contributed by atoms with Crippen molar-refractivity contribution in [1.29, 1.82) is 0 Å². The number of benzene rings is 1. The fourth-order valence-corrected chi connectivity index (χ4v) is 4.93. The summed E-state index contributed by atoms with van der Waals surface area (Å²) < 4.78 is 0. The predicted molar refractivity (Wildman–Crippen MR) is 67.7 cm³/mol. The van der Waals surface area contributed by atoms with E-state index in [0.717, 1.165) is 9.84 Å². The van der Waals surface area contributed by atoms with E-state index in [0.29, 0.717) is 15.0 Å². The van der Waals surface area contributed by atoms with Gasteiger partial charge in [0.25, 0.3) is 0 Å². The molecular formula is C13H15ClSe. The van der Waals surface area contributed by atoms with Crippen molar-refractivity contribution in [2.24, 2.45) is 0 Å². The summed E-state index contributed by atoms with van der Waals surface area (Å²) in [6.07, 6.45) is 1.23. The Kier molecular flexibility index (Phi) is 3.56. The van der Waals surface area contributed by atoms with Crippen LogP contribution in [0, 0.1) is 0 Å². The van der Waals surface area contributed by atoms with E-state index < -0.39 is 0 Å². The Labute approximate surface area is 103 Å². The summed E-state index contributed by atoms with van der Waals surface area (Å²) in [6, 6.07) is 8.36. The van der Waals surface area contributed by atoms with Crippen LogP contribution in [0.25, 0.3) is 0 Å². The van der Waals surface area contributed by atoms with Crippen LogP contribution >= 0.6 is 11.6 Å². The fourth-order valence-electron chi connectivity index (χ4n) is 1.78. The van der Waals surface area contributed by atoms with Gasteiger partial charge in [-0.1, -0.05) is 0 Å². The first kappa shape index (κ1) is 11.3. The molecule has 0 fully saturated rings. The predicted octanol–water partition coefficient (Wildman–Crippen LogP) is 4.24. The van der Waals surface area contributed by atoms with E-state index in [1.807, 2.05) is 6.07 Å². The first-order valence-electron chi connectivity index (χ1n) is 5.19. The molecule has 2 rings (SSSR count). The monoisotopic (exact) mass is 286 g/mol. The number of halogens is 1. The Morgan fingerprint density at radius 3 is 2.73 bits per heavy atom. The second-order valence-corrected chi connectivity index (χ2v) is 7.05. The molecule has 0 spiro atoms.